The van der Waals surface area contributed by atoms with Crippen molar-refractivity contribution in [1.82, 2.24) is 45.2 Å². The summed E-state index contributed by atoms with van der Waals surface area (Å²) in [5.41, 5.74) is 33.8. The zero-order valence-electron chi connectivity index (χ0n) is 29.1. The number of unbranched alkanes of at least 4 members (excludes halogenated alkanes) is 1. The highest BCUT2D eigenvalue weighted by Crippen LogP contribution is 2.20. The molecule has 0 saturated heterocycles. The second kappa shape index (κ2) is 16.8. The number of nitrogens with zero attached hydrogens (tertiary/aromatic N) is 10. The minimum Gasteiger partial charge on any atom is -0.478 e. The summed E-state index contributed by atoms with van der Waals surface area (Å²) in [4.78, 5) is 60.2. The van der Waals surface area contributed by atoms with Crippen LogP contribution in [0.3, 0.4) is 0 Å². The molecule has 0 unspecified atom stereocenters. The first-order chi connectivity index (χ1) is 25.4. The number of carbonyl (C=O) groups is 2. The van der Waals surface area contributed by atoms with Gasteiger partial charge in [0.15, 0.2) is 34.0 Å². The van der Waals surface area contributed by atoms with Crippen molar-refractivity contribution < 1.29 is 14.7 Å². The molecule has 0 aliphatic rings. The number of hydrogen-bond acceptors (Lipinski definition) is 17. The first-order valence-corrected chi connectivity index (χ1v) is 16.3. The second-order valence-corrected chi connectivity index (χ2v) is 11.9. The summed E-state index contributed by atoms with van der Waals surface area (Å²) < 4.78 is 0. The van der Waals surface area contributed by atoms with E-state index in [1.807, 2.05) is 36.0 Å². The van der Waals surface area contributed by atoms with Crippen LogP contribution in [0.2, 0.25) is 0 Å². The van der Waals surface area contributed by atoms with E-state index in [1.54, 1.807) is 48.8 Å². The van der Waals surface area contributed by atoms with E-state index in [0.717, 1.165) is 24.2 Å². The van der Waals surface area contributed by atoms with E-state index >= 15 is 0 Å². The molecule has 53 heavy (non-hydrogen) atoms. The van der Waals surface area contributed by atoms with Crippen molar-refractivity contribution in [1.29, 1.82) is 0 Å². The van der Waals surface area contributed by atoms with Crippen molar-refractivity contribution in [3.63, 3.8) is 0 Å². The van der Waals surface area contributed by atoms with Gasteiger partial charge in [-0.15, -0.1) is 0 Å². The van der Waals surface area contributed by atoms with Crippen LogP contribution in [0, 0.1) is 0 Å². The van der Waals surface area contributed by atoms with Crippen LogP contribution < -0.4 is 43.8 Å². The van der Waals surface area contributed by atoms with Crippen molar-refractivity contribution in [3.05, 3.63) is 83.4 Å². The van der Waals surface area contributed by atoms with Gasteiger partial charge in [0.2, 0.25) is 11.9 Å². The van der Waals surface area contributed by atoms with Crippen LogP contribution in [0.15, 0.2) is 60.9 Å². The van der Waals surface area contributed by atoms with E-state index in [2.05, 4.69) is 45.2 Å². The molecule has 12 N–H and O–H groups in total. The number of nitrogen functional groups attached to an aromatic ring is 4. The number of aromatic carboxylic acids is 1. The smallest absolute Gasteiger partial charge is 0.335 e. The van der Waals surface area contributed by atoms with Gasteiger partial charge in [0, 0.05) is 37.6 Å². The molecule has 274 valence electrons. The van der Waals surface area contributed by atoms with Crippen LogP contribution in [0.25, 0.3) is 22.3 Å². The van der Waals surface area contributed by atoms with Crippen LogP contribution in [-0.4, -0.2) is 84.0 Å². The van der Waals surface area contributed by atoms with E-state index in [-0.39, 0.29) is 35.0 Å². The molecular formula is C34H40N16O3. The Balaban J connectivity index is 0.000000208. The van der Waals surface area contributed by atoms with Crippen molar-refractivity contribution >= 4 is 69.1 Å². The average Bonchev–Trinajstić information content (AvgIpc) is 3.14. The fraction of sp³-hybridized carbons (Fsp3) is 0.235. The molecule has 0 bridgehead atoms. The van der Waals surface area contributed by atoms with Gasteiger partial charge in [0.1, 0.15) is 0 Å². The first-order valence-electron chi connectivity index (χ1n) is 16.3. The highest BCUT2D eigenvalue weighted by Gasteiger charge is 2.13. The van der Waals surface area contributed by atoms with Crippen molar-refractivity contribution in [2.75, 3.05) is 59.9 Å². The Morgan fingerprint density at radius 3 is 1.55 bits per heavy atom. The minimum absolute atomic E-state index is 0.0534. The van der Waals surface area contributed by atoms with Crippen LogP contribution in [0.1, 0.15) is 44.9 Å². The zero-order valence-corrected chi connectivity index (χ0v) is 29.1. The number of anilines is 6. The number of nitrogens with two attached hydrogens (primary N) is 5. The number of nitrogens with one attached hydrogen (secondary N) is 1. The summed E-state index contributed by atoms with van der Waals surface area (Å²) in [6, 6.07) is 13.9. The average molecular weight is 721 g/mol. The molecule has 6 rings (SSSR count). The van der Waals surface area contributed by atoms with Crippen LogP contribution in [-0.2, 0) is 13.1 Å². The maximum Gasteiger partial charge on any atom is 0.335 e. The molecule has 6 aromatic rings. The molecule has 4 aromatic heterocycles. The zero-order chi connectivity index (χ0) is 38.1. The number of hydrogen-bond donors (Lipinski definition) is 7. The lowest BCUT2D eigenvalue weighted by molar-refractivity contribution is 0.0696. The van der Waals surface area contributed by atoms with Crippen LogP contribution in [0.5, 0.6) is 0 Å². The van der Waals surface area contributed by atoms with E-state index in [0.29, 0.717) is 65.5 Å². The summed E-state index contributed by atoms with van der Waals surface area (Å²) >= 11 is 0. The molecule has 19 heteroatoms. The third kappa shape index (κ3) is 9.61. The lowest BCUT2D eigenvalue weighted by Gasteiger charge is -2.19. The van der Waals surface area contributed by atoms with Crippen molar-refractivity contribution in [2.24, 2.45) is 5.73 Å². The molecule has 0 radical (unpaired) electrons. The molecule has 0 fully saturated rings. The lowest BCUT2D eigenvalue weighted by atomic mass is 10.1. The number of amides is 1. The maximum atomic E-state index is 12.2. The normalized spacial score (nSPS) is 10.8. The number of fused-ring (bicyclic) bond motifs is 2. The van der Waals surface area contributed by atoms with Gasteiger partial charge in [-0.2, -0.15) is 19.9 Å². The summed E-state index contributed by atoms with van der Waals surface area (Å²) in [5, 5.41) is 11.8. The number of carboxylic acids is 1. The Hall–Kier alpha value is -7.02. The molecule has 1 amide bonds. The third-order valence-corrected chi connectivity index (χ3v) is 7.84. The third-order valence-electron chi connectivity index (χ3n) is 7.84. The van der Waals surface area contributed by atoms with Gasteiger partial charge in [0.25, 0.3) is 5.91 Å². The van der Waals surface area contributed by atoms with Crippen molar-refractivity contribution in [2.45, 2.75) is 25.9 Å². The van der Waals surface area contributed by atoms with Crippen LogP contribution in [0.4, 0.5) is 34.9 Å². The Bertz CT molecular complexity index is 2220. The number of rotatable bonds is 12. The van der Waals surface area contributed by atoms with E-state index < -0.39 is 5.97 Å². The Labute approximate surface area is 303 Å². The molecule has 0 saturated carbocycles. The molecule has 0 spiro atoms. The van der Waals surface area contributed by atoms with E-state index in [1.165, 1.54) is 0 Å². The molecule has 0 atom stereocenters. The molecule has 0 aliphatic heterocycles. The van der Waals surface area contributed by atoms with Gasteiger partial charge in [-0.25, -0.2) is 24.7 Å². The second-order valence-electron chi connectivity index (χ2n) is 11.9. The monoisotopic (exact) mass is 720 g/mol. The van der Waals surface area contributed by atoms with Crippen molar-refractivity contribution in [3.8, 4) is 0 Å². The SMILES string of the molecule is CN(Cc1cnc2nc(N)nc(N)c2n1)c1ccc(C(=O)NCCCCN)cc1.CN(Cc1cnc2nc(N)nc(N)c2n1)c1ccc(C(=O)O)cc1. The van der Waals surface area contributed by atoms with E-state index in [9.17, 15) is 9.59 Å². The predicted octanol–water partition coefficient (Wildman–Crippen LogP) is 1.61. The number of carboxylic acid groups (broad SMARTS) is 1. The Morgan fingerprint density at radius 2 is 1.11 bits per heavy atom. The lowest BCUT2D eigenvalue weighted by Crippen LogP contribution is -2.25. The Morgan fingerprint density at radius 1 is 0.660 bits per heavy atom. The van der Waals surface area contributed by atoms with Gasteiger partial charge < -0.3 is 48.9 Å². The van der Waals surface area contributed by atoms with Crippen LogP contribution >= 0.6 is 0 Å². The predicted molar refractivity (Wildman–Crippen MR) is 203 cm³/mol. The molecule has 0 aliphatic carbocycles. The highest BCUT2D eigenvalue weighted by atomic mass is 16.4. The fourth-order valence-corrected chi connectivity index (χ4v) is 5.09. The molecule has 2 aromatic carbocycles. The van der Waals surface area contributed by atoms with Gasteiger partial charge in [-0.3, -0.25) is 4.79 Å². The van der Waals surface area contributed by atoms with Gasteiger partial charge in [-0.1, -0.05) is 0 Å². The number of carbonyl (C=O) groups excluding carboxylic acids is 1. The fourth-order valence-electron chi connectivity index (χ4n) is 5.09. The minimum atomic E-state index is -0.959. The Kier molecular flexibility index (Phi) is 11.8. The highest BCUT2D eigenvalue weighted by molar-refractivity contribution is 5.94. The standard InChI is InChI=1S/C19H25N9O.C15H15N7O2/c1-28(11-13-10-24-17-15(25-13)16(21)26-19(22)27-17)14-6-4-12(5-7-14)18(29)23-9-3-2-8-20;1-22(10-4-2-8(3-5-10)14(23)24)7-9-6-18-13-11(19-9)12(16)20-15(17)21-13/h4-7,10H,2-3,8-9,11,20H2,1H3,(H,23,29)(H4,21,22,24,26,27);2-6H,7H2,1H3,(H,23,24)(H4,16,17,18,20,21). The number of aromatic nitrogens is 8. The molecule has 4 heterocycles. The first kappa shape index (κ1) is 37.2. The quantitative estimate of drug-likeness (QED) is 0.0883. The van der Waals surface area contributed by atoms with E-state index in [4.69, 9.17) is 33.8 Å². The maximum absolute atomic E-state index is 12.2. The molecular weight excluding hydrogens is 680 g/mol. The summed E-state index contributed by atoms with van der Waals surface area (Å²) in [6.45, 7) is 2.21. The molecule has 19 nitrogen and oxygen atoms in total. The van der Waals surface area contributed by atoms with Gasteiger partial charge in [-0.05, 0) is 67.9 Å². The summed E-state index contributed by atoms with van der Waals surface area (Å²) in [5.74, 6) is -0.548. The summed E-state index contributed by atoms with van der Waals surface area (Å²) in [7, 11) is 3.79. The van der Waals surface area contributed by atoms with Gasteiger partial charge >= 0.3 is 5.97 Å². The van der Waals surface area contributed by atoms with Gasteiger partial charge in [0.05, 0.1) is 42.4 Å². The topological polar surface area (TPSA) is 306 Å². The number of benzene rings is 2. The summed E-state index contributed by atoms with van der Waals surface area (Å²) in [6.07, 6.45) is 5.00. The largest absolute Gasteiger partial charge is 0.478 e.